The molecule has 0 saturated carbocycles. The van der Waals surface area contributed by atoms with Gasteiger partial charge in [-0.2, -0.15) is 10.2 Å². The van der Waals surface area contributed by atoms with E-state index in [0.29, 0.717) is 10.9 Å². The fourth-order valence-electron chi connectivity index (χ4n) is 1.34. The Balaban J connectivity index is 2.24. The van der Waals surface area contributed by atoms with Gasteiger partial charge in [-0.15, -0.1) is 0 Å². The molecule has 0 radical (unpaired) electrons. The molecule has 0 saturated heterocycles. The number of fused-ring (bicyclic) bond motifs is 1. The second-order valence-electron chi connectivity index (χ2n) is 3.31. The first-order valence-corrected chi connectivity index (χ1v) is 5.06. The highest BCUT2D eigenvalue weighted by molar-refractivity contribution is 5.99. The van der Waals surface area contributed by atoms with Crippen LogP contribution in [-0.4, -0.2) is 22.2 Å². The fourth-order valence-corrected chi connectivity index (χ4v) is 1.34. The van der Waals surface area contributed by atoms with Crippen LogP contribution in [0.5, 0.6) is 5.75 Å². The van der Waals surface area contributed by atoms with Crippen LogP contribution in [0.15, 0.2) is 43.1 Å². The van der Waals surface area contributed by atoms with Gasteiger partial charge in [-0.05, 0) is 18.2 Å². The van der Waals surface area contributed by atoms with Crippen LogP contribution in [0.3, 0.4) is 0 Å². The first kappa shape index (κ1) is 11.7. The second-order valence-corrected chi connectivity index (χ2v) is 3.31. The Bertz CT molecular complexity index is 619. The van der Waals surface area contributed by atoms with E-state index in [1.165, 1.54) is 6.20 Å². The molecule has 0 spiro atoms. The van der Waals surface area contributed by atoms with Crippen molar-refractivity contribution in [3.8, 4) is 5.75 Å². The Hall–Kier alpha value is -2.76. The minimum atomic E-state index is -0.891. The summed E-state index contributed by atoms with van der Waals surface area (Å²) in [5.41, 5.74) is 0.595. The quantitative estimate of drug-likeness (QED) is 0.807. The predicted molar refractivity (Wildman–Crippen MR) is 63.9 cm³/mol. The lowest BCUT2D eigenvalue weighted by Crippen LogP contribution is -2.31. The third kappa shape index (κ3) is 2.49. The van der Waals surface area contributed by atoms with Crippen molar-refractivity contribution in [1.29, 1.82) is 0 Å². The number of hydrogen-bond acceptors (Lipinski definition) is 5. The summed E-state index contributed by atoms with van der Waals surface area (Å²) >= 11 is 0. The Morgan fingerprint density at radius 3 is 2.89 bits per heavy atom. The van der Waals surface area contributed by atoms with E-state index in [-0.39, 0.29) is 5.75 Å². The van der Waals surface area contributed by atoms with Gasteiger partial charge in [0.25, 0.3) is 5.91 Å². The van der Waals surface area contributed by atoms with Crippen molar-refractivity contribution < 1.29 is 14.3 Å². The summed E-state index contributed by atoms with van der Waals surface area (Å²) in [6.07, 6.45) is 1.39. The molecular weight excluding hydrogens is 234 g/mol. The minimum absolute atomic E-state index is 0.231. The lowest BCUT2D eigenvalue weighted by Gasteiger charge is -2.05. The number of rotatable bonds is 2. The molecule has 0 unspecified atom stereocenters. The summed E-state index contributed by atoms with van der Waals surface area (Å²) < 4.78 is 4.98. The summed E-state index contributed by atoms with van der Waals surface area (Å²) in [7, 11) is 0. The number of carbonyl (C=O) groups excluding carboxylic acids is 2. The maximum absolute atomic E-state index is 11.4. The van der Waals surface area contributed by atoms with E-state index in [0.717, 1.165) is 6.08 Å². The van der Waals surface area contributed by atoms with Crippen molar-refractivity contribution in [2.45, 2.75) is 0 Å². The number of amides is 2. The smallest absolute Gasteiger partial charge is 0.408 e. The number of hydrogen-bond donors (Lipinski definition) is 1. The van der Waals surface area contributed by atoms with E-state index >= 15 is 0 Å². The lowest BCUT2D eigenvalue weighted by molar-refractivity contribution is -0.115. The normalized spacial score (nSPS) is 9.78. The molecule has 90 valence electrons. The van der Waals surface area contributed by atoms with Gasteiger partial charge in [0.15, 0.2) is 5.75 Å². The van der Waals surface area contributed by atoms with E-state index in [1.807, 2.05) is 5.32 Å². The monoisotopic (exact) mass is 243 g/mol. The van der Waals surface area contributed by atoms with Crippen LogP contribution in [0.4, 0.5) is 4.79 Å². The Morgan fingerprint density at radius 2 is 2.11 bits per heavy atom. The molecule has 0 atom stereocenters. The van der Waals surface area contributed by atoms with Gasteiger partial charge in [-0.1, -0.05) is 18.7 Å². The summed E-state index contributed by atoms with van der Waals surface area (Å²) in [6, 6.07) is 7.05. The van der Waals surface area contributed by atoms with Crippen molar-refractivity contribution >= 4 is 22.9 Å². The highest BCUT2D eigenvalue weighted by Crippen LogP contribution is 2.21. The SMILES string of the molecule is C=CC(=O)NC(=O)Oc1cnnc2ccccc12. The van der Waals surface area contributed by atoms with E-state index in [1.54, 1.807) is 24.3 Å². The van der Waals surface area contributed by atoms with Gasteiger partial charge in [0, 0.05) is 5.39 Å². The molecule has 0 aliphatic rings. The van der Waals surface area contributed by atoms with Crippen molar-refractivity contribution in [2.75, 3.05) is 0 Å². The molecule has 1 aromatic carbocycles. The molecule has 2 amide bonds. The summed E-state index contributed by atoms with van der Waals surface area (Å²) in [6.45, 7) is 3.23. The molecule has 1 heterocycles. The summed E-state index contributed by atoms with van der Waals surface area (Å²) in [5.74, 6) is -0.402. The van der Waals surface area contributed by atoms with Crippen LogP contribution in [0.25, 0.3) is 10.9 Å². The third-order valence-electron chi connectivity index (χ3n) is 2.12. The number of nitrogens with zero attached hydrogens (tertiary/aromatic N) is 2. The molecule has 0 bridgehead atoms. The first-order valence-electron chi connectivity index (χ1n) is 5.06. The average molecular weight is 243 g/mol. The molecular formula is C12H9N3O3. The highest BCUT2D eigenvalue weighted by atomic mass is 16.6. The van der Waals surface area contributed by atoms with E-state index in [2.05, 4.69) is 16.8 Å². The number of ether oxygens (including phenoxy) is 1. The standard InChI is InChI=1S/C12H9N3O3/c1-2-11(16)14-12(17)18-10-7-13-15-9-6-4-3-5-8(9)10/h2-7H,1H2,(H,14,16,17). The zero-order valence-corrected chi connectivity index (χ0v) is 9.29. The molecule has 0 fully saturated rings. The van der Waals surface area contributed by atoms with Gasteiger partial charge in [0.05, 0.1) is 11.7 Å². The van der Waals surface area contributed by atoms with Crippen LogP contribution >= 0.6 is 0 Å². The molecule has 0 aliphatic heterocycles. The number of imide groups is 1. The molecule has 6 nitrogen and oxygen atoms in total. The van der Waals surface area contributed by atoms with Gasteiger partial charge >= 0.3 is 6.09 Å². The summed E-state index contributed by atoms with van der Waals surface area (Å²) in [4.78, 5) is 22.3. The van der Waals surface area contributed by atoms with Crippen LogP contribution in [0.1, 0.15) is 0 Å². The van der Waals surface area contributed by atoms with E-state index in [9.17, 15) is 9.59 Å². The first-order chi connectivity index (χ1) is 8.70. The van der Waals surface area contributed by atoms with Crippen molar-refractivity contribution in [3.05, 3.63) is 43.1 Å². The topological polar surface area (TPSA) is 81.2 Å². The Labute approximate surface area is 102 Å². The Kier molecular flexibility index (Phi) is 3.29. The van der Waals surface area contributed by atoms with E-state index in [4.69, 9.17) is 4.74 Å². The van der Waals surface area contributed by atoms with Crippen LogP contribution < -0.4 is 10.1 Å². The van der Waals surface area contributed by atoms with Crippen LogP contribution in [0.2, 0.25) is 0 Å². The van der Waals surface area contributed by atoms with Crippen molar-refractivity contribution in [1.82, 2.24) is 15.5 Å². The van der Waals surface area contributed by atoms with Crippen LogP contribution in [0, 0.1) is 0 Å². The largest absolute Gasteiger partial charge is 0.419 e. The molecule has 18 heavy (non-hydrogen) atoms. The van der Waals surface area contributed by atoms with Gasteiger partial charge in [0.1, 0.15) is 0 Å². The third-order valence-corrected chi connectivity index (χ3v) is 2.12. The molecule has 2 aromatic rings. The number of aromatic nitrogens is 2. The fraction of sp³-hybridized carbons (Fsp3) is 0. The zero-order valence-electron chi connectivity index (χ0n) is 9.29. The van der Waals surface area contributed by atoms with Crippen LogP contribution in [-0.2, 0) is 4.79 Å². The maximum atomic E-state index is 11.4. The van der Waals surface area contributed by atoms with E-state index < -0.39 is 12.0 Å². The molecule has 1 aromatic heterocycles. The number of nitrogens with one attached hydrogen (secondary N) is 1. The zero-order chi connectivity index (χ0) is 13.0. The average Bonchev–Trinajstić information content (AvgIpc) is 2.39. The molecule has 2 rings (SSSR count). The van der Waals surface area contributed by atoms with Gasteiger partial charge < -0.3 is 4.74 Å². The van der Waals surface area contributed by atoms with Crippen molar-refractivity contribution in [3.63, 3.8) is 0 Å². The second kappa shape index (κ2) is 5.05. The number of benzene rings is 1. The van der Waals surface area contributed by atoms with Gasteiger partial charge in [-0.3, -0.25) is 10.1 Å². The molecule has 6 heteroatoms. The minimum Gasteiger partial charge on any atom is -0.408 e. The highest BCUT2D eigenvalue weighted by Gasteiger charge is 2.10. The lowest BCUT2D eigenvalue weighted by atomic mass is 10.2. The number of carbonyl (C=O) groups is 2. The van der Waals surface area contributed by atoms with Gasteiger partial charge in [0.2, 0.25) is 0 Å². The maximum Gasteiger partial charge on any atom is 0.419 e. The summed E-state index contributed by atoms with van der Waals surface area (Å²) in [5, 5.41) is 10.2. The van der Waals surface area contributed by atoms with Crippen molar-refractivity contribution in [2.24, 2.45) is 0 Å². The molecule has 1 N–H and O–H groups in total. The Morgan fingerprint density at radius 1 is 1.33 bits per heavy atom. The van der Waals surface area contributed by atoms with Gasteiger partial charge in [-0.25, -0.2) is 4.79 Å². The molecule has 0 aliphatic carbocycles. The predicted octanol–water partition coefficient (Wildman–Crippen LogP) is 1.43.